The smallest absolute Gasteiger partial charge is 0.223 e. The second kappa shape index (κ2) is 7.26. The van der Waals surface area contributed by atoms with E-state index >= 15 is 0 Å². The van der Waals surface area contributed by atoms with Gasteiger partial charge in [-0.25, -0.2) is 4.98 Å². The van der Waals surface area contributed by atoms with Crippen LogP contribution in [0.15, 0.2) is 12.3 Å². The maximum Gasteiger partial charge on any atom is 0.223 e. The highest BCUT2D eigenvalue weighted by atomic mass is 16.2. The van der Waals surface area contributed by atoms with Gasteiger partial charge in [0.05, 0.1) is 17.4 Å². The van der Waals surface area contributed by atoms with Crippen molar-refractivity contribution in [3.05, 3.63) is 40.5 Å². The molecule has 29 heavy (non-hydrogen) atoms. The molecule has 0 aromatic carbocycles. The molecule has 0 aliphatic carbocycles. The van der Waals surface area contributed by atoms with Crippen LogP contribution in [0.4, 0.5) is 0 Å². The van der Waals surface area contributed by atoms with Crippen LogP contribution in [0.25, 0.3) is 11.0 Å². The first-order valence-corrected chi connectivity index (χ1v) is 10.0. The minimum atomic E-state index is 0.0601. The Morgan fingerprint density at radius 1 is 1.10 bits per heavy atom. The number of nitrogens with zero attached hydrogens (tertiary/aromatic N) is 6. The molecule has 0 spiro atoms. The number of nitrogens with one attached hydrogen (secondary N) is 1. The lowest BCUT2D eigenvalue weighted by atomic mass is 9.92. The summed E-state index contributed by atoms with van der Waals surface area (Å²) in [5, 5.41) is 13.6. The molecule has 1 fully saturated rings. The lowest BCUT2D eigenvalue weighted by Gasteiger charge is -2.26. The number of amides is 1. The van der Waals surface area contributed by atoms with E-state index in [0.717, 1.165) is 40.2 Å². The van der Waals surface area contributed by atoms with Crippen molar-refractivity contribution in [1.29, 1.82) is 0 Å². The largest absolute Gasteiger partial charge is 0.338 e. The Balaban J connectivity index is 1.49. The topological polar surface area (TPSA) is 80.9 Å². The number of aromatic nitrogens is 5. The maximum absolute atomic E-state index is 12.5. The fraction of sp³-hybridized carbons (Fsp3) is 0.524. The van der Waals surface area contributed by atoms with E-state index in [-0.39, 0.29) is 17.9 Å². The summed E-state index contributed by atoms with van der Waals surface area (Å²) in [6.45, 7) is 7.58. The van der Waals surface area contributed by atoms with Gasteiger partial charge in [-0.05, 0) is 32.4 Å². The van der Waals surface area contributed by atoms with Crippen molar-refractivity contribution in [2.24, 2.45) is 20.0 Å². The summed E-state index contributed by atoms with van der Waals surface area (Å²) in [6, 6.07) is 2.21. The predicted molar refractivity (Wildman–Crippen MR) is 111 cm³/mol. The lowest BCUT2D eigenvalue weighted by molar-refractivity contribution is -0.127. The zero-order valence-corrected chi connectivity index (χ0v) is 18.0. The predicted octanol–water partition coefficient (Wildman–Crippen LogP) is 1.94. The van der Waals surface area contributed by atoms with Gasteiger partial charge in [-0.2, -0.15) is 10.2 Å². The molecule has 154 valence electrons. The Morgan fingerprint density at radius 2 is 1.83 bits per heavy atom. The number of hydrogen-bond acceptors (Lipinski definition) is 5. The lowest BCUT2D eigenvalue weighted by Crippen LogP contribution is -2.29. The third-order valence-electron chi connectivity index (χ3n) is 6.21. The average Bonchev–Trinajstić information content (AvgIpc) is 3.21. The van der Waals surface area contributed by atoms with Crippen molar-refractivity contribution >= 4 is 16.9 Å². The highest BCUT2D eigenvalue weighted by molar-refractivity contribution is 5.80. The molecule has 3 aromatic rings. The molecule has 8 nitrogen and oxygen atoms in total. The van der Waals surface area contributed by atoms with Gasteiger partial charge < -0.3 is 10.2 Å². The second-order valence-electron chi connectivity index (χ2n) is 8.18. The quantitative estimate of drug-likeness (QED) is 0.714. The molecule has 4 heterocycles. The normalized spacial score (nSPS) is 19.7. The minimum Gasteiger partial charge on any atom is -0.338 e. The summed E-state index contributed by atoms with van der Waals surface area (Å²) >= 11 is 0. The molecule has 1 amide bonds. The van der Waals surface area contributed by atoms with Crippen LogP contribution in [0, 0.1) is 26.7 Å². The Labute approximate surface area is 170 Å². The molecule has 1 aliphatic rings. The number of pyridine rings is 1. The number of carbonyl (C=O) groups excluding carboxylic acids is 1. The molecule has 1 N–H and O–H groups in total. The average molecular weight is 396 g/mol. The van der Waals surface area contributed by atoms with Gasteiger partial charge in [0.2, 0.25) is 5.91 Å². The fourth-order valence-corrected chi connectivity index (χ4v) is 4.63. The van der Waals surface area contributed by atoms with E-state index in [2.05, 4.69) is 33.5 Å². The van der Waals surface area contributed by atoms with Gasteiger partial charge in [-0.3, -0.25) is 14.2 Å². The number of aryl methyl sites for hydroxylation is 4. The van der Waals surface area contributed by atoms with Crippen molar-refractivity contribution in [2.45, 2.75) is 39.8 Å². The highest BCUT2D eigenvalue weighted by Crippen LogP contribution is 2.39. The first kappa shape index (κ1) is 19.6. The highest BCUT2D eigenvalue weighted by Gasteiger charge is 2.40. The molecular weight excluding hydrogens is 366 g/mol. The minimum absolute atomic E-state index is 0.0601. The number of carbonyl (C=O) groups is 1. The number of rotatable bonds is 5. The van der Waals surface area contributed by atoms with E-state index in [0.29, 0.717) is 13.0 Å². The first-order valence-electron chi connectivity index (χ1n) is 10.0. The van der Waals surface area contributed by atoms with Crippen LogP contribution >= 0.6 is 0 Å². The summed E-state index contributed by atoms with van der Waals surface area (Å²) in [5.74, 6) is 0.407. The molecule has 0 radical (unpaired) electrons. The summed E-state index contributed by atoms with van der Waals surface area (Å²) in [5.41, 5.74) is 6.32. The van der Waals surface area contributed by atoms with Crippen molar-refractivity contribution in [3.63, 3.8) is 0 Å². The van der Waals surface area contributed by atoms with Gasteiger partial charge in [-0.1, -0.05) is 0 Å². The fourth-order valence-electron chi connectivity index (χ4n) is 4.63. The SMILES string of the molecule is Cc1nn(C)c(C)c1[C@H]1[C@H](CNCc2cnc3c(c2)c(C)nn3C)CC(=O)N1C. The van der Waals surface area contributed by atoms with Gasteiger partial charge in [-0.15, -0.1) is 0 Å². The maximum atomic E-state index is 12.5. The third-order valence-corrected chi connectivity index (χ3v) is 6.21. The van der Waals surface area contributed by atoms with Crippen molar-refractivity contribution in [1.82, 2.24) is 34.8 Å². The van der Waals surface area contributed by atoms with E-state index in [1.54, 1.807) is 0 Å². The van der Waals surface area contributed by atoms with Gasteiger partial charge >= 0.3 is 0 Å². The molecule has 4 rings (SSSR count). The molecule has 0 saturated carbocycles. The van der Waals surface area contributed by atoms with E-state index in [1.165, 1.54) is 5.56 Å². The molecule has 0 bridgehead atoms. The van der Waals surface area contributed by atoms with Crippen molar-refractivity contribution < 1.29 is 4.79 Å². The summed E-state index contributed by atoms with van der Waals surface area (Å²) in [6.07, 6.45) is 2.45. The van der Waals surface area contributed by atoms with E-state index in [9.17, 15) is 4.79 Å². The molecule has 3 aromatic heterocycles. The van der Waals surface area contributed by atoms with E-state index in [4.69, 9.17) is 0 Å². The van der Waals surface area contributed by atoms with Crippen molar-refractivity contribution in [3.8, 4) is 0 Å². The molecule has 1 aliphatic heterocycles. The zero-order chi connectivity index (χ0) is 20.9. The van der Waals surface area contributed by atoms with Crippen LogP contribution in [-0.2, 0) is 25.4 Å². The zero-order valence-electron chi connectivity index (χ0n) is 18.0. The molecular formula is C21H29N7O. The van der Waals surface area contributed by atoms with Crippen LogP contribution in [-0.4, -0.2) is 48.9 Å². The van der Waals surface area contributed by atoms with Crippen LogP contribution in [0.5, 0.6) is 0 Å². The Kier molecular flexibility index (Phi) is 4.90. The van der Waals surface area contributed by atoms with Crippen molar-refractivity contribution in [2.75, 3.05) is 13.6 Å². The van der Waals surface area contributed by atoms with Gasteiger partial charge in [0.25, 0.3) is 0 Å². The van der Waals surface area contributed by atoms with Gasteiger partial charge in [0, 0.05) is 69.4 Å². The monoisotopic (exact) mass is 395 g/mol. The van der Waals surface area contributed by atoms with Gasteiger partial charge in [0.1, 0.15) is 0 Å². The van der Waals surface area contributed by atoms with E-state index < -0.39 is 0 Å². The molecule has 0 unspecified atom stereocenters. The number of hydrogen-bond donors (Lipinski definition) is 1. The third kappa shape index (κ3) is 3.31. The Bertz CT molecular complexity index is 1080. The number of likely N-dealkylation sites (tertiary alicyclic amines) is 1. The number of fused-ring (bicyclic) bond motifs is 1. The summed E-state index contributed by atoms with van der Waals surface area (Å²) in [4.78, 5) is 18.9. The van der Waals surface area contributed by atoms with Crippen LogP contribution in [0.3, 0.4) is 0 Å². The Hall–Kier alpha value is -2.74. The van der Waals surface area contributed by atoms with Gasteiger partial charge in [0.15, 0.2) is 5.65 Å². The summed E-state index contributed by atoms with van der Waals surface area (Å²) in [7, 11) is 5.78. The first-order chi connectivity index (χ1) is 13.8. The Morgan fingerprint density at radius 3 is 2.52 bits per heavy atom. The van der Waals surface area contributed by atoms with Crippen LogP contribution in [0.1, 0.15) is 40.7 Å². The molecule has 1 saturated heterocycles. The van der Waals surface area contributed by atoms with Crippen LogP contribution in [0.2, 0.25) is 0 Å². The van der Waals surface area contributed by atoms with E-state index in [1.807, 2.05) is 55.5 Å². The van der Waals surface area contributed by atoms with Crippen LogP contribution < -0.4 is 5.32 Å². The molecule has 2 atom stereocenters. The molecule has 8 heteroatoms. The second-order valence-corrected chi connectivity index (χ2v) is 8.18. The standard InChI is InChI=1S/C21H29N7O/c1-12-17-7-15(10-23-21(17)28(6)24-12)9-22-11-16-8-18(29)26(4)20(16)19-13(2)25-27(5)14(19)3/h7,10,16,20,22H,8-9,11H2,1-6H3/t16-,20+/m0/s1. The summed E-state index contributed by atoms with van der Waals surface area (Å²) < 4.78 is 3.72.